The van der Waals surface area contributed by atoms with Gasteiger partial charge in [0.05, 0.1) is 0 Å². The number of alkyl halides is 1. The average Bonchev–Trinajstić information content (AvgIpc) is 2.18. The fourth-order valence-corrected chi connectivity index (χ4v) is 2.03. The lowest BCUT2D eigenvalue weighted by Gasteiger charge is -2.08. The van der Waals surface area contributed by atoms with E-state index in [-0.39, 0.29) is 0 Å². The van der Waals surface area contributed by atoms with Gasteiger partial charge in [0, 0.05) is 23.1 Å². The molecule has 14 heavy (non-hydrogen) atoms. The molecule has 0 radical (unpaired) electrons. The summed E-state index contributed by atoms with van der Waals surface area (Å²) in [5.74, 6) is 0. The molecule has 0 aliphatic heterocycles. The minimum absolute atomic E-state index is 0.581. The van der Waals surface area contributed by atoms with Crippen LogP contribution in [0.1, 0.15) is 37.4 Å². The molecule has 0 saturated carbocycles. The highest BCUT2D eigenvalue weighted by Crippen LogP contribution is 2.14. The Kier molecular flexibility index (Phi) is 5.16. The summed E-state index contributed by atoms with van der Waals surface area (Å²) in [6, 6.07) is 4.25. The molecule has 1 aromatic rings. The number of unbranched alkanes of at least 4 members (excludes halogenated alkanes) is 1. The first-order valence-corrected chi connectivity index (χ1v) is 6.19. The van der Waals surface area contributed by atoms with Crippen molar-refractivity contribution in [2.24, 2.45) is 0 Å². The molecular weight excluding hydrogens is 238 g/mol. The Labute approximate surface area is 95.1 Å². The monoisotopic (exact) mass is 255 g/mol. The number of aryl methyl sites for hydroxylation is 1. The van der Waals surface area contributed by atoms with Crippen LogP contribution in [0.25, 0.3) is 0 Å². The molecule has 0 saturated heterocycles. The van der Waals surface area contributed by atoms with Crippen LogP contribution >= 0.6 is 15.9 Å². The van der Waals surface area contributed by atoms with Gasteiger partial charge in [0.25, 0.3) is 0 Å². The summed E-state index contributed by atoms with van der Waals surface area (Å²) >= 11 is 3.69. The van der Waals surface area contributed by atoms with Crippen LogP contribution < -0.4 is 0 Å². The van der Waals surface area contributed by atoms with E-state index in [9.17, 15) is 0 Å². The molecule has 0 bridgehead atoms. The largest absolute Gasteiger partial charge is 0.261 e. The maximum Gasteiger partial charge on any atom is 0.0414 e. The summed E-state index contributed by atoms with van der Waals surface area (Å²) < 4.78 is 0. The van der Waals surface area contributed by atoms with Crippen molar-refractivity contribution in [1.29, 1.82) is 0 Å². The molecule has 0 fully saturated rings. The van der Waals surface area contributed by atoms with Crippen molar-refractivity contribution >= 4 is 15.9 Å². The molecule has 0 aliphatic carbocycles. The van der Waals surface area contributed by atoms with Gasteiger partial charge in [-0.25, -0.2) is 0 Å². The molecule has 1 atom stereocenters. The van der Waals surface area contributed by atoms with E-state index in [1.165, 1.54) is 30.5 Å². The highest BCUT2D eigenvalue weighted by molar-refractivity contribution is 9.09. The minimum atomic E-state index is 0.581. The Bertz CT molecular complexity index is 256. The Morgan fingerprint density at radius 3 is 2.79 bits per heavy atom. The normalized spacial score (nSPS) is 12.8. The van der Waals surface area contributed by atoms with Crippen LogP contribution in [0.4, 0.5) is 0 Å². The molecule has 0 spiro atoms. The summed E-state index contributed by atoms with van der Waals surface area (Å²) in [5, 5.41) is 0. The van der Waals surface area contributed by atoms with Gasteiger partial charge in [0.15, 0.2) is 0 Å². The molecular formula is C12H18BrN. The molecule has 1 aromatic heterocycles. The minimum Gasteiger partial charge on any atom is -0.261 e. The average molecular weight is 256 g/mol. The summed E-state index contributed by atoms with van der Waals surface area (Å²) in [6.45, 7) is 4.29. The topological polar surface area (TPSA) is 12.9 Å². The van der Waals surface area contributed by atoms with Gasteiger partial charge in [-0.15, -0.1) is 0 Å². The van der Waals surface area contributed by atoms with Crippen molar-refractivity contribution in [2.75, 3.05) is 0 Å². The van der Waals surface area contributed by atoms with Crippen molar-refractivity contribution in [2.45, 2.75) is 44.4 Å². The predicted molar refractivity (Wildman–Crippen MR) is 64.9 cm³/mol. The van der Waals surface area contributed by atoms with Gasteiger partial charge < -0.3 is 0 Å². The first kappa shape index (κ1) is 11.7. The zero-order valence-corrected chi connectivity index (χ0v) is 10.5. The summed E-state index contributed by atoms with van der Waals surface area (Å²) in [4.78, 5) is 4.98. The van der Waals surface area contributed by atoms with E-state index in [2.05, 4.69) is 46.9 Å². The molecule has 1 unspecified atom stereocenters. The lowest BCUT2D eigenvalue weighted by molar-refractivity contribution is 0.681. The number of hydrogen-bond donors (Lipinski definition) is 0. The molecule has 0 N–H and O–H groups in total. The predicted octanol–water partition coefficient (Wildman–Crippen LogP) is 3.89. The second-order valence-electron chi connectivity index (χ2n) is 3.77. The molecule has 0 amide bonds. The number of aromatic nitrogens is 1. The fraction of sp³-hybridized carbons (Fsp3) is 0.583. The Hall–Kier alpha value is -0.370. The molecule has 1 rings (SSSR count). The molecule has 0 aliphatic rings. The third-order valence-corrected chi connectivity index (χ3v) is 3.06. The molecule has 78 valence electrons. The highest BCUT2D eigenvalue weighted by Gasteiger charge is 2.05. The Balaban J connectivity index is 2.39. The zero-order valence-electron chi connectivity index (χ0n) is 8.96. The van der Waals surface area contributed by atoms with Crippen LogP contribution in [0.2, 0.25) is 0 Å². The summed E-state index contributed by atoms with van der Waals surface area (Å²) in [7, 11) is 0. The van der Waals surface area contributed by atoms with Gasteiger partial charge >= 0.3 is 0 Å². The van der Waals surface area contributed by atoms with E-state index < -0.39 is 0 Å². The SMILES string of the molecule is CCCCC(Br)Cc1ccc(C)cn1. The first-order valence-electron chi connectivity index (χ1n) is 5.28. The van der Waals surface area contributed by atoms with Gasteiger partial charge in [-0.05, 0) is 25.0 Å². The molecule has 1 nitrogen and oxygen atoms in total. The van der Waals surface area contributed by atoms with Gasteiger partial charge in [0.2, 0.25) is 0 Å². The Morgan fingerprint density at radius 2 is 2.21 bits per heavy atom. The van der Waals surface area contributed by atoms with E-state index >= 15 is 0 Å². The van der Waals surface area contributed by atoms with Crippen molar-refractivity contribution < 1.29 is 0 Å². The van der Waals surface area contributed by atoms with Crippen LogP contribution in [0, 0.1) is 6.92 Å². The third kappa shape index (κ3) is 4.23. The van der Waals surface area contributed by atoms with E-state index in [1.54, 1.807) is 0 Å². The highest BCUT2D eigenvalue weighted by atomic mass is 79.9. The standard InChI is InChI=1S/C12H18BrN/c1-3-4-5-11(13)8-12-7-6-10(2)9-14-12/h6-7,9,11H,3-5,8H2,1-2H3. The fourth-order valence-electron chi connectivity index (χ4n) is 1.37. The van der Waals surface area contributed by atoms with Crippen LogP contribution in [0.3, 0.4) is 0 Å². The van der Waals surface area contributed by atoms with Crippen molar-refractivity contribution in [1.82, 2.24) is 4.98 Å². The van der Waals surface area contributed by atoms with E-state index in [0.717, 1.165) is 6.42 Å². The second-order valence-corrected chi connectivity index (χ2v) is 5.07. The number of pyridine rings is 1. The van der Waals surface area contributed by atoms with Gasteiger partial charge in [-0.2, -0.15) is 0 Å². The van der Waals surface area contributed by atoms with Gasteiger partial charge in [-0.3, -0.25) is 4.98 Å². The zero-order chi connectivity index (χ0) is 10.4. The van der Waals surface area contributed by atoms with Crippen LogP contribution in [0.15, 0.2) is 18.3 Å². The van der Waals surface area contributed by atoms with Crippen LogP contribution in [-0.4, -0.2) is 9.81 Å². The molecule has 2 heteroatoms. The molecule has 1 heterocycles. The van der Waals surface area contributed by atoms with E-state index in [1.807, 2.05) is 6.20 Å². The third-order valence-electron chi connectivity index (χ3n) is 2.27. The summed E-state index contributed by atoms with van der Waals surface area (Å²) in [5.41, 5.74) is 2.42. The number of halogens is 1. The van der Waals surface area contributed by atoms with Crippen molar-refractivity contribution in [3.05, 3.63) is 29.6 Å². The van der Waals surface area contributed by atoms with E-state index in [4.69, 9.17) is 0 Å². The maximum absolute atomic E-state index is 4.40. The lowest BCUT2D eigenvalue weighted by atomic mass is 10.1. The Morgan fingerprint density at radius 1 is 1.43 bits per heavy atom. The number of hydrogen-bond acceptors (Lipinski definition) is 1. The number of rotatable bonds is 5. The quantitative estimate of drug-likeness (QED) is 0.728. The van der Waals surface area contributed by atoms with Gasteiger partial charge in [0.1, 0.15) is 0 Å². The van der Waals surface area contributed by atoms with Crippen molar-refractivity contribution in [3.63, 3.8) is 0 Å². The second kappa shape index (κ2) is 6.18. The maximum atomic E-state index is 4.40. The summed E-state index contributed by atoms with van der Waals surface area (Å²) in [6.07, 6.45) is 6.78. The smallest absolute Gasteiger partial charge is 0.0414 e. The van der Waals surface area contributed by atoms with E-state index in [0.29, 0.717) is 4.83 Å². The van der Waals surface area contributed by atoms with Crippen LogP contribution in [0.5, 0.6) is 0 Å². The van der Waals surface area contributed by atoms with Gasteiger partial charge in [-0.1, -0.05) is 41.8 Å². The van der Waals surface area contributed by atoms with Crippen molar-refractivity contribution in [3.8, 4) is 0 Å². The lowest BCUT2D eigenvalue weighted by Crippen LogP contribution is -2.04. The number of nitrogens with zero attached hydrogens (tertiary/aromatic N) is 1. The van der Waals surface area contributed by atoms with Crippen LogP contribution in [-0.2, 0) is 6.42 Å². The first-order chi connectivity index (χ1) is 6.72. The molecule has 0 aromatic carbocycles.